The van der Waals surface area contributed by atoms with Crippen LogP contribution < -0.4 is 10.6 Å². The van der Waals surface area contributed by atoms with Gasteiger partial charge < -0.3 is 20.1 Å². The largest absolute Gasteiger partial charge is 0.398 e. The summed E-state index contributed by atoms with van der Waals surface area (Å²) in [5, 5.41) is 0. The Hall–Kier alpha value is -1.26. The van der Waals surface area contributed by atoms with Crippen LogP contribution in [-0.4, -0.2) is 39.5 Å². The van der Waals surface area contributed by atoms with E-state index in [0.717, 1.165) is 30.0 Å². The zero-order valence-electron chi connectivity index (χ0n) is 10.6. The van der Waals surface area contributed by atoms with E-state index in [2.05, 4.69) is 11.0 Å². The molecule has 2 N–H and O–H groups in total. The average molecular weight is 236 g/mol. The highest BCUT2D eigenvalue weighted by atomic mass is 16.5. The molecule has 0 spiro atoms. The molecular weight excluding hydrogens is 216 g/mol. The lowest BCUT2D eigenvalue weighted by Gasteiger charge is -2.19. The number of nitrogens with two attached hydrogens (primary N) is 1. The molecule has 0 amide bonds. The highest BCUT2D eigenvalue weighted by Gasteiger charge is 2.33. The van der Waals surface area contributed by atoms with Gasteiger partial charge in [0.25, 0.3) is 0 Å². The molecule has 1 aromatic rings. The number of methoxy groups -OCH3 is 2. The van der Waals surface area contributed by atoms with E-state index in [1.807, 2.05) is 19.1 Å². The molecule has 1 aromatic carbocycles. The van der Waals surface area contributed by atoms with Crippen molar-refractivity contribution in [3.63, 3.8) is 0 Å². The quantitative estimate of drug-likeness (QED) is 0.806. The van der Waals surface area contributed by atoms with Crippen LogP contribution in [0, 0.1) is 6.92 Å². The fourth-order valence-corrected chi connectivity index (χ4v) is 2.23. The smallest absolute Gasteiger partial charge is 0.102 e. The van der Waals surface area contributed by atoms with Crippen LogP contribution >= 0.6 is 0 Å². The van der Waals surface area contributed by atoms with E-state index in [0.29, 0.717) is 0 Å². The Bertz CT molecular complexity index is 383. The van der Waals surface area contributed by atoms with E-state index in [-0.39, 0.29) is 12.2 Å². The van der Waals surface area contributed by atoms with Crippen LogP contribution in [0.15, 0.2) is 18.2 Å². The van der Waals surface area contributed by atoms with Gasteiger partial charge in [0.1, 0.15) is 12.2 Å². The van der Waals surface area contributed by atoms with Gasteiger partial charge in [-0.05, 0) is 24.6 Å². The van der Waals surface area contributed by atoms with Crippen LogP contribution in [0.4, 0.5) is 11.4 Å². The minimum Gasteiger partial charge on any atom is -0.398 e. The van der Waals surface area contributed by atoms with Crippen LogP contribution in [0.5, 0.6) is 0 Å². The predicted molar refractivity (Wildman–Crippen MR) is 69.4 cm³/mol. The molecule has 4 nitrogen and oxygen atoms in total. The third-order valence-corrected chi connectivity index (χ3v) is 3.45. The van der Waals surface area contributed by atoms with Crippen molar-refractivity contribution in [3.05, 3.63) is 23.8 Å². The number of aryl methyl sites for hydroxylation is 1. The molecule has 4 heteroatoms. The normalized spacial score (nSPS) is 24.3. The maximum Gasteiger partial charge on any atom is 0.102 e. The minimum atomic E-state index is 0.127. The number of nitrogens with zero attached hydrogens (tertiary/aromatic N) is 1. The Morgan fingerprint density at radius 3 is 2.24 bits per heavy atom. The van der Waals surface area contributed by atoms with Crippen molar-refractivity contribution in [2.24, 2.45) is 0 Å². The zero-order valence-corrected chi connectivity index (χ0v) is 10.6. The second-order valence-electron chi connectivity index (χ2n) is 4.49. The number of ether oxygens (including phenoxy) is 2. The van der Waals surface area contributed by atoms with Gasteiger partial charge >= 0.3 is 0 Å². The summed E-state index contributed by atoms with van der Waals surface area (Å²) >= 11 is 0. The summed E-state index contributed by atoms with van der Waals surface area (Å²) in [6.45, 7) is 3.70. The molecule has 2 unspecified atom stereocenters. The summed E-state index contributed by atoms with van der Waals surface area (Å²) < 4.78 is 10.8. The first-order valence-corrected chi connectivity index (χ1v) is 5.82. The Morgan fingerprint density at radius 2 is 1.76 bits per heavy atom. The maximum absolute atomic E-state index is 5.93. The molecule has 0 bridgehead atoms. The van der Waals surface area contributed by atoms with Crippen LogP contribution in [0.3, 0.4) is 0 Å². The van der Waals surface area contributed by atoms with Crippen molar-refractivity contribution >= 4 is 11.4 Å². The molecule has 1 aliphatic heterocycles. The van der Waals surface area contributed by atoms with Crippen molar-refractivity contribution in [2.75, 3.05) is 37.9 Å². The molecule has 17 heavy (non-hydrogen) atoms. The van der Waals surface area contributed by atoms with Gasteiger partial charge in [0.05, 0.1) is 0 Å². The molecule has 0 saturated carbocycles. The molecular formula is C13H20N2O2. The van der Waals surface area contributed by atoms with Gasteiger partial charge in [-0.15, -0.1) is 0 Å². The monoisotopic (exact) mass is 236 g/mol. The Balaban J connectivity index is 2.16. The van der Waals surface area contributed by atoms with Crippen LogP contribution in [-0.2, 0) is 9.47 Å². The topological polar surface area (TPSA) is 47.7 Å². The highest BCUT2D eigenvalue weighted by Crippen LogP contribution is 2.26. The van der Waals surface area contributed by atoms with Crippen LogP contribution in [0.25, 0.3) is 0 Å². The molecule has 0 aromatic heterocycles. The van der Waals surface area contributed by atoms with E-state index in [1.165, 1.54) is 0 Å². The third kappa shape index (κ3) is 2.37. The summed E-state index contributed by atoms with van der Waals surface area (Å²) in [6.07, 6.45) is 0.255. The average Bonchev–Trinajstić information content (AvgIpc) is 2.75. The second kappa shape index (κ2) is 4.94. The molecule has 0 radical (unpaired) electrons. The summed E-state index contributed by atoms with van der Waals surface area (Å²) in [5.74, 6) is 0. The fraction of sp³-hybridized carbons (Fsp3) is 0.538. The molecule has 0 aliphatic carbocycles. The Labute approximate surface area is 102 Å². The number of hydrogen-bond acceptors (Lipinski definition) is 4. The summed E-state index contributed by atoms with van der Waals surface area (Å²) in [7, 11) is 3.45. The van der Waals surface area contributed by atoms with E-state index in [1.54, 1.807) is 14.2 Å². The summed E-state index contributed by atoms with van der Waals surface area (Å²) in [4.78, 5) is 2.25. The van der Waals surface area contributed by atoms with Gasteiger partial charge in [0.15, 0.2) is 0 Å². The van der Waals surface area contributed by atoms with E-state index < -0.39 is 0 Å². The SMILES string of the molecule is COC1CN(c2ccc(C)c(N)c2)CC1OC. The molecule has 1 aliphatic rings. The van der Waals surface area contributed by atoms with Crippen LogP contribution in [0.1, 0.15) is 5.56 Å². The van der Waals surface area contributed by atoms with Gasteiger partial charge in [-0.2, -0.15) is 0 Å². The third-order valence-electron chi connectivity index (χ3n) is 3.45. The molecule has 94 valence electrons. The highest BCUT2D eigenvalue weighted by molar-refractivity contribution is 5.60. The molecule has 2 atom stereocenters. The van der Waals surface area contributed by atoms with Gasteiger partial charge in [0.2, 0.25) is 0 Å². The lowest BCUT2D eigenvalue weighted by Crippen LogP contribution is -2.27. The molecule has 2 rings (SSSR count). The maximum atomic E-state index is 5.93. The number of nitrogen functional groups attached to an aromatic ring is 1. The van der Waals surface area contributed by atoms with E-state index in [4.69, 9.17) is 15.2 Å². The Morgan fingerprint density at radius 1 is 1.18 bits per heavy atom. The predicted octanol–water partition coefficient (Wildman–Crippen LogP) is 1.43. The summed E-state index contributed by atoms with van der Waals surface area (Å²) in [6, 6.07) is 6.16. The van der Waals surface area contributed by atoms with Gasteiger partial charge in [-0.3, -0.25) is 0 Å². The first-order chi connectivity index (χ1) is 8.15. The van der Waals surface area contributed by atoms with Crippen molar-refractivity contribution in [2.45, 2.75) is 19.1 Å². The number of anilines is 2. The minimum absolute atomic E-state index is 0.127. The lowest BCUT2D eigenvalue weighted by molar-refractivity contribution is -0.00461. The lowest BCUT2D eigenvalue weighted by atomic mass is 10.2. The first-order valence-electron chi connectivity index (χ1n) is 5.82. The Kier molecular flexibility index (Phi) is 3.54. The van der Waals surface area contributed by atoms with Gasteiger partial charge in [-0.25, -0.2) is 0 Å². The molecule has 1 fully saturated rings. The fourth-order valence-electron chi connectivity index (χ4n) is 2.23. The molecule has 1 heterocycles. The standard InChI is InChI=1S/C13H20N2O2/c1-9-4-5-10(6-11(9)14)15-7-12(16-2)13(8-15)17-3/h4-6,12-13H,7-8,14H2,1-3H3. The number of rotatable bonds is 3. The molecule has 1 saturated heterocycles. The van der Waals surface area contributed by atoms with Crippen molar-refractivity contribution < 1.29 is 9.47 Å². The van der Waals surface area contributed by atoms with E-state index in [9.17, 15) is 0 Å². The van der Waals surface area contributed by atoms with Crippen molar-refractivity contribution in [1.29, 1.82) is 0 Å². The van der Waals surface area contributed by atoms with Crippen molar-refractivity contribution in [1.82, 2.24) is 0 Å². The number of hydrogen-bond donors (Lipinski definition) is 1. The van der Waals surface area contributed by atoms with Crippen molar-refractivity contribution in [3.8, 4) is 0 Å². The van der Waals surface area contributed by atoms with Gasteiger partial charge in [0, 0.05) is 38.7 Å². The summed E-state index contributed by atoms with van der Waals surface area (Å²) in [5.41, 5.74) is 9.01. The number of benzene rings is 1. The second-order valence-corrected chi connectivity index (χ2v) is 4.49. The zero-order chi connectivity index (χ0) is 12.4. The van der Waals surface area contributed by atoms with Crippen LogP contribution in [0.2, 0.25) is 0 Å². The van der Waals surface area contributed by atoms with E-state index >= 15 is 0 Å². The van der Waals surface area contributed by atoms with Gasteiger partial charge in [-0.1, -0.05) is 6.07 Å². The first kappa shape index (κ1) is 12.2.